The monoisotopic (exact) mass is 146 g/mol. The van der Waals surface area contributed by atoms with E-state index >= 15 is 0 Å². The number of ether oxygens (including phenoxy) is 2. The fraction of sp³-hybridized carbons (Fsp3) is 0.571. The zero-order valence-corrected chi connectivity index (χ0v) is 6.55. The van der Waals surface area contributed by atoms with E-state index in [1.54, 1.807) is 13.8 Å². The third kappa shape index (κ3) is 10.1. The van der Waals surface area contributed by atoms with E-state index in [9.17, 15) is 4.79 Å². The number of hydrogen-bond acceptors (Lipinski definition) is 3. The van der Waals surface area contributed by atoms with E-state index in [0.717, 1.165) is 0 Å². The lowest BCUT2D eigenvalue weighted by Gasteiger charge is -1.98. The van der Waals surface area contributed by atoms with E-state index in [4.69, 9.17) is 0 Å². The molecule has 0 heterocycles. The molecular formula is C7H14O3. The van der Waals surface area contributed by atoms with Crippen LogP contribution in [0, 0.1) is 0 Å². The van der Waals surface area contributed by atoms with Gasteiger partial charge < -0.3 is 9.47 Å². The third-order valence-corrected chi connectivity index (χ3v) is 0.524. The van der Waals surface area contributed by atoms with Crippen LogP contribution in [0.2, 0.25) is 0 Å². The van der Waals surface area contributed by atoms with Crippen LogP contribution in [0.4, 0.5) is 4.79 Å². The zero-order chi connectivity index (χ0) is 8.41. The Bertz CT molecular complexity index is 72.9. The van der Waals surface area contributed by atoms with Crippen molar-refractivity contribution >= 4 is 6.16 Å². The summed E-state index contributed by atoms with van der Waals surface area (Å²) >= 11 is 0. The molecule has 60 valence electrons. The number of rotatable bonds is 2. The van der Waals surface area contributed by atoms with E-state index in [1.165, 1.54) is 0 Å². The third-order valence-electron chi connectivity index (χ3n) is 0.524. The van der Waals surface area contributed by atoms with E-state index in [1.807, 2.05) is 0 Å². The molecule has 0 atom stereocenters. The molecule has 0 unspecified atom stereocenters. The van der Waals surface area contributed by atoms with Gasteiger partial charge in [-0.15, -0.1) is 13.2 Å². The molecule has 0 radical (unpaired) electrons. The van der Waals surface area contributed by atoms with Crippen LogP contribution < -0.4 is 0 Å². The van der Waals surface area contributed by atoms with Crippen molar-refractivity contribution in [1.29, 1.82) is 0 Å². The molecular weight excluding hydrogens is 132 g/mol. The highest BCUT2D eigenvalue weighted by Gasteiger charge is 1.96. The topological polar surface area (TPSA) is 35.5 Å². The van der Waals surface area contributed by atoms with Crippen LogP contribution in [0.15, 0.2) is 13.2 Å². The van der Waals surface area contributed by atoms with Crippen molar-refractivity contribution in [3.05, 3.63) is 13.2 Å². The molecule has 0 fully saturated rings. The van der Waals surface area contributed by atoms with Crippen molar-refractivity contribution in [2.75, 3.05) is 13.2 Å². The lowest BCUT2D eigenvalue weighted by atomic mass is 10.8. The fourth-order valence-electron chi connectivity index (χ4n) is 0.277. The van der Waals surface area contributed by atoms with E-state index < -0.39 is 6.16 Å². The summed E-state index contributed by atoms with van der Waals surface area (Å²) in [6.07, 6.45) is -0.588. The Labute approximate surface area is 61.6 Å². The molecule has 0 aliphatic carbocycles. The first kappa shape index (κ1) is 11.8. The van der Waals surface area contributed by atoms with Crippen LogP contribution in [-0.4, -0.2) is 19.4 Å². The summed E-state index contributed by atoms with van der Waals surface area (Å²) in [5.74, 6) is 0. The van der Waals surface area contributed by atoms with Gasteiger partial charge in [0.1, 0.15) is 0 Å². The Morgan fingerprint density at radius 2 is 1.50 bits per heavy atom. The first-order valence-electron chi connectivity index (χ1n) is 3.10. The smallest absolute Gasteiger partial charge is 0.435 e. The minimum atomic E-state index is -0.588. The summed E-state index contributed by atoms with van der Waals surface area (Å²) in [5, 5.41) is 0. The molecule has 0 aromatic heterocycles. The SMILES string of the molecule is C=C.CCOC(=O)OCC. The highest BCUT2D eigenvalue weighted by Crippen LogP contribution is 1.81. The average Bonchev–Trinajstić information content (AvgIpc) is 1.93. The second kappa shape index (κ2) is 10.9. The molecule has 0 aromatic rings. The van der Waals surface area contributed by atoms with Crippen molar-refractivity contribution in [2.24, 2.45) is 0 Å². The van der Waals surface area contributed by atoms with Gasteiger partial charge in [0.05, 0.1) is 13.2 Å². The molecule has 0 N–H and O–H groups in total. The van der Waals surface area contributed by atoms with Crippen LogP contribution in [0.1, 0.15) is 13.8 Å². The lowest BCUT2D eigenvalue weighted by molar-refractivity contribution is 0.0630. The highest BCUT2D eigenvalue weighted by molar-refractivity contribution is 5.59. The molecule has 0 bridgehead atoms. The second-order valence-electron chi connectivity index (χ2n) is 1.12. The molecule has 3 nitrogen and oxygen atoms in total. The van der Waals surface area contributed by atoms with Crippen molar-refractivity contribution in [1.82, 2.24) is 0 Å². The van der Waals surface area contributed by atoms with Gasteiger partial charge >= 0.3 is 6.16 Å². The Kier molecular flexibility index (Phi) is 12.8. The zero-order valence-electron chi connectivity index (χ0n) is 6.55. The van der Waals surface area contributed by atoms with Gasteiger partial charge in [-0.25, -0.2) is 4.79 Å². The fourth-order valence-corrected chi connectivity index (χ4v) is 0.277. The molecule has 10 heavy (non-hydrogen) atoms. The Morgan fingerprint density at radius 3 is 1.70 bits per heavy atom. The number of carbonyl (C=O) groups is 1. The van der Waals surface area contributed by atoms with E-state index in [0.29, 0.717) is 13.2 Å². The highest BCUT2D eigenvalue weighted by atomic mass is 16.7. The number of hydrogen-bond donors (Lipinski definition) is 0. The summed E-state index contributed by atoms with van der Waals surface area (Å²) in [5.41, 5.74) is 0. The molecule has 0 amide bonds. The predicted molar refractivity (Wildman–Crippen MR) is 39.9 cm³/mol. The van der Waals surface area contributed by atoms with Crippen LogP contribution in [0.3, 0.4) is 0 Å². The van der Waals surface area contributed by atoms with Crippen LogP contribution in [0.25, 0.3) is 0 Å². The second-order valence-corrected chi connectivity index (χ2v) is 1.12. The normalized spacial score (nSPS) is 7.00. The van der Waals surface area contributed by atoms with E-state index in [2.05, 4.69) is 22.6 Å². The summed E-state index contributed by atoms with van der Waals surface area (Å²) in [7, 11) is 0. The minimum Gasteiger partial charge on any atom is -0.435 e. The lowest BCUT2D eigenvalue weighted by Crippen LogP contribution is -2.05. The first-order valence-corrected chi connectivity index (χ1v) is 3.10. The Hall–Kier alpha value is -0.990. The predicted octanol–water partition coefficient (Wildman–Crippen LogP) is 1.98. The number of carbonyl (C=O) groups excluding carboxylic acids is 1. The molecule has 0 rings (SSSR count). The molecule has 0 aliphatic rings. The molecule has 0 spiro atoms. The van der Waals surface area contributed by atoms with Gasteiger partial charge in [0.2, 0.25) is 0 Å². The van der Waals surface area contributed by atoms with Crippen LogP contribution in [-0.2, 0) is 9.47 Å². The average molecular weight is 146 g/mol. The molecule has 3 heteroatoms. The van der Waals surface area contributed by atoms with Crippen LogP contribution in [0.5, 0.6) is 0 Å². The minimum absolute atomic E-state index is 0.374. The maximum absolute atomic E-state index is 10.2. The summed E-state index contributed by atoms with van der Waals surface area (Å²) in [6.45, 7) is 10.2. The van der Waals surface area contributed by atoms with Gasteiger partial charge in [0.25, 0.3) is 0 Å². The van der Waals surface area contributed by atoms with Crippen LogP contribution >= 0.6 is 0 Å². The molecule has 0 aliphatic heterocycles. The Balaban J connectivity index is 0. The summed E-state index contributed by atoms with van der Waals surface area (Å²) < 4.78 is 8.84. The van der Waals surface area contributed by atoms with Gasteiger partial charge in [-0.2, -0.15) is 0 Å². The molecule has 0 aromatic carbocycles. The molecule has 0 saturated heterocycles. The van der Waals surface area contributed by atoms with Crippen molar-refractivity contribution in [3.63, 3.8) is 0 Å². The largest absolute Gasteiger partial charge is 0.508 e. The maximum atomic E-state index is 10.2. The van der Waals surface area contributed by atoms with Gasteiger partial charge in [-0.1, -0.05) is 0 Å². The molecule has 0 saturated carbocycles. The standard InChI is InChI=1S/C5H10O3.C2H4/c1-3-7-5(6)8-4-2;1-2/h3-4H2,1-2H3;1-2H2. The van der Waals surface area contributed by atoms with Crippen molar-refractivity contribution in [3.8, 4) is 0 Å². The maximum Gasteiger partial charge on any atom is 0.508 e. The Morgan fingerprint density at radius 1 is 1.20 bits per heavy atom. The van der Waals surface area contributed by atoms with E-state index in [-0.39, 0.29) is 0 Å². The van der Waals surface area contributed by atoms with Gasteiger partial charge in [0, 0.05) is 0 Å². The quantitative estimate of drug-likeness (QED) is 0.441. The van der Waals surface area contributed by atoms with Crippen molar-refractivity contribution in [2.45, 2.75) is 13.8 Å². The summed E-state index contributed by atoms with van der Waals surface area (Å²) in [4.78, 5) is 10.2. The first-order chi connectivity index (χ1) is 4.81. The van der Waals surface area contributed by atoms with Gasteiger partial charge in [0.15, 0.2) is 0 Å². The van der Waals surface area contributed by atoms with Gasteiger partial charge in [-0.3, -0.25) is 0 Å². The van der Waals surface area contributed by atoms with Crippen molar-refractivity contribution < 1.29 is 14.3 Å². The summed E-state index contributed by atoms with van der Waals surface area (Å²) in [6, 6.07) is 0. The van der Waals surface area contributed by atoms with Gasteiger partial charge in [-0.05, 0) is 13.8 Å².